The summed E-state index contributed by atoms with van der Waals surface area (Å²) in [5.74, 6) is 1.46. The Morgan fingerprint density at radius 2 is 2.15 bits per heavy atom. The third-order valence-corrected chi connectivity index (χ3v) is 1.91. The minimum Gasteiger partial charge on any atom is -0.492 e. The Hall–Kier alpha value is -1.02. The highest BCUT2D eigenvalue weighted by Gasteiger charge is 1.99. The van der Waals surface area contributed by atoms with Crippen LogP contribution in [0.5, 0.6) is 5.75 Å². The Labute approximate surface area is 79.7 Å². The van der Waals surface area contributed by atoms with Crippen LogP contribution in [0.4, 0.5) is 0 Å². The normalized spacial score (nSPS) is 10.5. The van der Waals surface area contributed by atoms with Crippen molar-refractivity contribution >= 4 is 0 Å². The summed E-state index contributed by atoms with van der Waals surface area (Å²) in [6, 6.07) is 8.16. The van der Waals surface area contributed by atoms with E-state index in [1.807, 2.05) is 12.1 Å². The largest absolute Gasteiger partial charge is 0.492 e. The van der Waals surface area contributed by atoms with Gasteiger partial charge in [-0.1, -0.05) is 26.0 Å². The predicted octanol–water partition coefficient (Wildman–Crippen LogP) is 2.15. The molecular weight excluding hydrogens is 162 g/mol. The molecule has 0 fully saturated rings. The maximum absolute atomic E-state index is 5.42. The van der Waals surface area contributed by atoms with Gasteiger partial charge in [-0.3, -0.25) is 0 Å². The molecule has 0 aromatic heterocycles. The van der Waals surface area contributed by atoms with E-state index in [0.717, 1.165) is 5.75 Å². The summed E-state index contributed by atoms with van der Waals surface area (Å²) in [6.45, 7) is 5.48. The van der Waals surface area contributed by atoms with Gasteiger partial charge in [-0.05, 0) is 23.6 Å². The van der Waals surface area contributed by atoms with Gasteiger partial charge in [-0.2, -0.15) is 0 Å². The van der Waals surface area contributed by atoms with Crippen LogP contribution in [0.2, 0.25) is 0 Å². The number of hydrogen-bond donors (Lipinski definition) is 1. The van der Waals surface area contributed by atoms with Gasteiger partial charge in [0.05, 0.1) is 0 Å². The third-order valence-electron chi connectivity index (χ3n) is 1.91. The zero-order valence-corrected chi connectivity index (χ0v) is 8.29. The van der Waals surface area contributed by atoms with Crippen LogP contribution < -0.4 is 10.5 Å². The molecule has 0 atom stereocenters. The molecule has 1 rings (SSSR count). The van der Waals surface area contributed by atoms with Crippen molar-refractivity contribution in [3.63, 3.8) is 0 Å². The number of nitrogens with two attached hydrogens (primary N) is 1. The molecule has 13 heavy (non-hydrogen) atoms. The molecule has 0 saturated carbocycles. The van der Waals surface area contributed by atoms with E-state index in [4.69, 9.17) is 10.5 Å². The first-order valence-electron chi connectivity index (χ1n) is 4.67. The van der Waals surface area contributed by atoms with E-state index in [1.165, 1.54) is 5.56 Å². The quantitative estimate of drug-likeness (QED) is 0.768. The van der Waals surface area contributed by atoms with Crippen molar-refractivity contribution < 1.29 is 4.74 Å². The summed E-state index contributed by atoms with van der Waals surface area (Å²) in [4.78, 5) is 0. The molecular formula is C11H17NO. The summed E-state index contributed by atoms with van der Waals surface area (Å²) in [7, 11) is 0. The van der Waals surface area contributed by atoms with E-state index >= 15 is 0 Å². The number of hydrogen-bond acceptors (Lipinski definition) is 2. The van der Waals surface area contributed by atoms with Gasteiger partial charge in [0.15, 0.2) is 0 Å². The van der Waals surface area contributed by atoms with E-state index in [0.29, 0.717) is 19.1 Å². The first-order chi connectivity index (χ1) is 6.24. The van der Waals surface area contributed by atoms with Crippen LogP contribution in [0.15, 0.2) is 24.3 Å². The van der Waals surface area contributed by atoms with Gasteiger partial charge in [0, 0.05) is 6.54 Å². The summed E-state index contributed by atoms with van der Waals surface area (Å²) >= 11 is 0. The summed E-state index contributed by atoms with van der Waals surface area (Å²) in [6.07, 6.45) is 0. The van der Waals surface area contributed by atoms with E-state index < -0.39 is 0 Å². The minimum atomic E-state index is 0.543. The molecule has 2 heteroatoms. The molecule has 0 amide bonds. The topological polar surface area (TPSA) is 35.2 Å². The van der Waals surface area contributed by atoms with E-state index in [2.05, 4.69) is 26.0 Å². The number of ether oxygens (including phenoxy) is 1. The molecule has 1 aromatic carbocycles. The minimum absolute atomic E-state index is 0.543. The Morgan fingerprint density at radius 1 is 1.38 bits per heavy atom. The Morgan fingerprint density at radius 3 is 2.77 bits per heavy atom. The molecule has 0 heterocycles. The van der Waals surface area contributed by atoms with Crippen LogP contribution >= 0.6 is 0 Å². The first-order valence-corrected chi connectivity index (χ1v) is 4.67. The fourth-order valence-electron chi connectivity index (χ4n) is 1.14. The van der Waals surface area contributed by atoms with Gasteiger partial charge in [0.2, 0.25) is 0 Å². The van der Waals surface area contributed by atoms with Crippen molar-refractivity contribution in [1.82, 2.24) is 0 Å². The molecule has 0 aliphatic rings. The van der Waals surface area contributed by atoms with Crippen molar-refractivity contribution in [3.05, 3.63) is 29.8 Å². The van der Waals surface area contributed by atoms with Crippen LogP contribution in [0.25, 0.3) is 0 Å². The molecule has 2 nitrogen and oxygen atoms in total. The second kappa shape index (κ2) is 4.87. The lowest BCUT2D eigenvalue weighted by Gasteiger charge is -2.08. The molecule has 0 spiro atoms. The van der Waals surface area contributed by atoms with Crippen molar-refractivity contribution in [2.24, 2.45) is 5.73 Å². The molecule has 1 aromatic rings. The molecule has 0 unspecified atom stereocenters. The zero-order valence-electron chi connectivity index (χ0n) is 8.29. The number of rotatable bonds is 4. The Balaban J connectivity index is 2.68. The van der Waals surface area contributed by atoms with E-state index in [1.54, 1.807) is 0 Å². The van der Waals surface area contributed by atoms with Crippen LogP contribution in [0, 0.1) is 0 Å². The van der Waals surface area contributed by atoms with Gasteiger partial charge in [-0.25, -0.2) is 0 Å². The predicted molar refractivity (Wildman–Crippen MR) is 55.1 cm³/mol. The third kappa shape index (κ3) is 3.07. The van der Waals surface area contributed by atoms with Crippen molar-refractivity contribution in [2.45, 2.75) is 19.8 Å². The van der Waals surface area contributed by atoms with Crippen LogP contribution in [0.1, 0.15) is 25.3 Å². The maximum Gasteiger partial charge on any atom is 0.119 e. The highest BCUT2D eigenvalue weighted by Crippen LogP contribution is 2.19. The standard InChI is InChI=1S/C11H17NO/c1-9(2)10-4-3-5-11(8-10)13-7-6-12/h3-5,8-9H,6-7,12H2,1-2H3. The van der Waals surface area contributed by atoms with Gasteiger partial charge >= 0.3 is 0 Å². The molecule has 0 bridgehead atoms. The van der Waals surface area contributed by atoms with Gasteiger partial charge in [-0.15, -0.1) is 0 Å². The van der Waals surface area contributed by atoms with Crippen LogP contribution in [-0.4, -0.2) is 13.2 Å². The monoisotopic (exact) mass is 179 g/mol. The molecule has 0 radical (unpaired) electrons. The first kappa shape index (κ1) is 10.1. The van der Waals surface area contributed by atoms with Crippen LogP contribution in [-0.2, 0) is 0 Å². The summed E-state index contributed by atoms with van der Waals surface area (Å²) < 4.78 is 5.42. The van der Waals surface area contributed by atoms with Gasteiger partial charge < -0.3 is 10.5 Å². The fraction of sp³-hybridized carbons (Fsp3) is 0.455. The molecule has 0 aliphatic carbocycles. The molecule has 0 aliphatic heterocycles. The lowest BCUT2D eigenvalue weighted by Crippen LogP contribution is -2.10. The lowest BCUT2D eigenvalue weighted by atomic mass is 10.0. The highest BCUT2D eigenvalue weighted by atomic mass is 16.5. The average molecular weight is 179 g/mol. The lowest BCUT2D eigenvalue weighted by molar-refractivity contribution is 0.328. The second-order valence-corrected chi connectivity index (χ2v) is 3.36. The summed E-state index contributed by atoms with van der Waals surface area (Å²) in [5, 5.41) is 0. The number of benzene rings is 1. The molecule has 0 saturated heterocycles. The summed E-state index contributed by atoms with van der Waals surface area (Å²) in [5.41, 5.74) is 6.65. The van der Waals surface area contributed by atoms with Crippen molar-refractivity contribution in [3.8, 4) is 5.75 Å². The van der Waals surface area contributed by atoms with Crippen molar-refractivity contribution in [2.75, 3.05) is 13.2 Å². The van der Waals surface area contributed by atoms with Crippen LogP contribution in [0.3, 0.4) is 0 Å². The van der Waals surface area contributed by atoms with E-state index in [9.17, 15) is 0 Å². The SMILES string of the molecule is CC(C)c1cccc(OCCN)c1. The highest BCUT2D eigenvalue weighted by molar-refractivity contribution is 5.30. The zero-order chi connectivity index (χ0) is 9.68. The maximum atomic E-state index is 5.42. The molecule has 72 valence electrons. The van der Waals surface area contributed by atoms with E-state index in [-0.39, 0.29) is 0 Å². The van der Waals surface area contributed by atoms with Crippen molar-refractivity contribution in [1.29, 1.82) is 0 Å². The average Bonchev–Trinajstić information content (AvgIpc) is 2.15. The smallest absolute Gasteiger partial charge is 0.119 e. The van der Waals surface area contributed by atoms with Gasteiger partial charge in [0.25, 0.3) is 0 Å². The fourth-order valence-corrected chi connectivity index (χ4v) is 1.14. The Kier molecular flexibility index (Phi) is 3.77. The Bertz CT molecular complexity index is 258. The van der Waals surface area contributed by atoms with Gasteiger partial charge in [0.1, 0.15) is 12.4 Å². The molecule has 2 N–H and O–H groups in total. The second-order valence-electron chi connectivity index (χ2n) is 3.36.